The molecule has 1 amide bonds. The molecule has 2 aromatic rings. The van der Waals surface area contributed by atoms with E-state index in [1.165, 1.54) is 12.1 Å². The maximum Gasteiger partial charge on any atom is 0.416 e. The second-order valence-electron chi connectivity index (χ2n) is 6.22. The van der Waals surface area contributed by atoms with Crippen molar-refractivity contribution in [2.45, 2.75) is 6.18 Å². The van der Waals surface area contributed by atoms with Crippen molar-refractivity contribution in [3.63, 3.8) is 0 Å². The van der Waals surface area contributed by atoms with Crippen LogP contribution in [0.25, 0.3) is 6.08 Å². The van der Waals surface area contributed by atoms with Gasteiger partial charge in [0.2, 0.25) is 5.91 Å². The lowest BCUT2D eigenvalue weighted by molar-refractivity contribution is -0.137. The van der Waals surface area contributed by atoms with Gasteiger partial charge in [-0.3, -0.25) is 4.79 Å². The van der Waals surface area contributed by atoms with Gasteiger partial charge >= 0.3 is 6.18 Å². The Bertz CT molecular complexity index is 843. The molecule has 0 radical (unpaired) electrons. The molecule has 1 saturated heterocycles. The fourth-order valence-corrected chi connectivity index (χ4v) is 3.14. The van der Waals surface area contributed by atoms with Gasteiger partial charge in [-0.05, 0) is 35.9 Å². The monoisotopic (exact) mass is 394 g/mol. The molecular formula is C20H18ClF3N2O. The van der Waals surface area contributed by atoms with Crippen LogP contribution in [0.3, 0.4) is 0 Å². The molecule has 1 fully saturated rings. The van der Waals surface area contributed by atoms with Gasteiger partial charge in [-0.1, -0.05) is 35.9 Å². The van der Waals surface area contributed by atoms with Gasteiger partial charge in [0.1, 0.15) is 0 Å². The molecule has 1 aliphatic heterocycles. The lowest BCUT2D eigenvalue weighted by atomic mass is 10.1. The molecule has 7 heteroatoms. The Hall–Kier alpha value is -2.47. The highest BCUT2D eigenvalue weighted by molar-refractivity contribution is 6.32. The zero-order chi connectivity index (χ0) is 19.4. The number of alkyl halides is 3. The van der Waals surface area contributed by atoms with Crippen LogP contribution < -0.4 is 4.90 Å². The number of carbonyl (C=O) groups is 1. The summed E-state index contributed by atoms with van der Waals surface area (Å²) in [6, 6.07) is 12.5. The smallest absolute Gasteiger partial charge is 0.368 e. The molecule has 3 rings (SSSR count). The predicted molar refractivity (Wildman–Crippen MR) is 101 cm³/mol. The highest BCUT2D eigenvalue weighted by Crippen LogP contribution is 2.31. The minimum absolute atomic E-state index is 0.140. The molecule has 0 spiro atoms. The SMILES string of the molecule is O=C(/C=C\c1ccccc1Cl)N1CCN(c2cccc(C(F)(F)F)c2)CC1. The summed E-state index contributed by atoms with van der Waals surface area (Å²) in [5, 5.41) is 0.566. The molecule has 0 saturated carbocycles. The number of halogens is 4. The maximum absolute atomic E-state index is 12.9. The largest absolute Gasteiger partial charge is 0.416 e. The van der Waals surface area contributed by atoms with Gasteiger partial charge in [0, 0.05) is 43.0 Å². The molecule has 0 N–H and O–H groups in total. The highest BCUT2D eigenvalue weighted by Gasteiger charge is 2.31. The first-order valence-electron chi connectivity index (χ1n) is 8.48. The Morgan fingerprint density at radius 2 is 1.70 bits per heavy atom. The van der Waals surface area contributed by atoms with Crippen molar-refractivity contribution in [2.24, 2.45) is 0 Å². The first-order chi connectivity index (χ1) is 12.8. The number of rotatable bonds is 3. The lowest BCUT2D eigenvalue weighted by Gasteiger charge is -2.35. The van der Waals surface area contributed by atoms with Gasteiger partial charge in [0.05, 0.1) is 5.56 Å². The summed E-state index contributed by atoms with van der Waals surface area (Å²) in [6.45, 7) is 1.85. The number of nitrogens with zero attached hydrogens (tertiary/aromatic N) is 2. The average Bonchev–Trinajstić information content (AvgIpc) is 2.67. The standard InChI is InChI=1S/C20H18ClF3N2O/c21-18-7-2-1-4-15(18)8-9-19(27)26-12-10-25(11-13-26)17-6-3-5-16(14-17)20(22,23)24/h1-9,14H,10-13H2/b9-8-. The number of hydrogen-bond donors (Lipinski definition) is 0. The van der Waals surface area contributed by atoms with E-state index < -0.39 is 11.7 Å². The zero-order valence-corrected chi connectivity index (χ0v) is 15.2. The van der Waals surface area contributed by atoms with Crippen LogP contribution in [-0.4, -0.2) is 37.0 Å². The minimum atomic E-state index is -4.36. The first-order valence-corrected chi connectivity index (χ1v) is 8.86. The molecule has 0 bridgehead atoms. The van der Waals surface area contributed by atoms with Gasteiger partial charge in [0.25, 0.3) is 0 Å². The number of carbonyl (C=O) groups excluding carboxylic acids is 1. The van der Waals surface area contributed by atoms with Crippen LogP contribution in [0.15, 0.2) is 54.6 Å². The molecule has 3 nitrogen and oxygen atoms in total. The summed E-state index contributed by atoms with van der Waals surface area (Å²) in [5.74, 6) is -0.140. The molecule has 0 aromatic heterocycles. The Morgan fingerprint density at radius 1 is 1.00 bits per heavy atom. The molecular weight excluding hydrogens is 377 g/mol. The van der Waals surface area contributed by atoms with Gasteiger partial charge in [0.15, 0.2) is 0 Å². The van der Waals surface area contributed by atoms with Gasteiger partial charge in [-0.2, -0.15) is 13.2 Å². The summed E-state index contributed by atoms with van der Waals surface area (Å²) in [7, 11) is 0. The minimum Gasteiger partial charge on any atom is -0.368 e. The Labute approximate surface area is 160 Å². The van der Waals surface area contributed by atoms with Crippen molar-refractivity contribution in [3.8, 4) is 0 Å². The van der Waals surface area contributed by atoms with E-state index in [2.05, 4.69) is 0 Å². The third kappa shape index (κ3) is 4.83. The fourth-order valence-electron chi connectivity index (χ4n) is 2.94. The zero-order valence-electron chi connectivity index (χ0n) is 14.4. The summed E-state index contributed by atoms with van der Waals surface area (Å²) in [4.78, 5) is 15.9. The summed E-state index contributed by atoms with van der Waals surface area (Å²) >= 11 is 6.06. The Kier molecular flexibility index (Phi) is 5.75. The molecule has 142 valence electrons. The van der Waals surface area contributed by atoms with Crippen molar-refractivity contribution in [3.05, 3.63) is 70.8 Å². The number of benzene rings is 2. The molecule has 0 unspecified atom stereocenters. The average molecular weight is 395 g/mol. The summed E-state index contributed by atoms with van der Waals surface area (Å²) in [6.07, 6.45) is -1.22. The van der Waals surface area contributed by atoms with Crippen LogP contribution in [0.5, 0.6) is 0 Å². The Morgan fingerprint density at radius 3 is 2.37 bits per heavy atom. The molecule has 0 aliphatic carbocycles. The molecule has 0 atom stereocenters. The van der Waals surface area contributed by atoms with Crippen LogP contribution in [0.4, 0.5) is 18.9 Å². The van der Waals surface area contributed by atoms with Gasteiger partial charge in [-0.25, -0.2) is 0 Å². The van der Waals surface area contributed by atoms with E-state index in [1.54, 1.807) is 23.1 Å². The normalized spacial score (nSPS) is 15.4. The van der Waals surface area contributed by atoms with E-state index >= 15 is 0 Å². The first kappa shape index (κ1) is 19.3. The fraction of sp³-hybridized carbons (Fsp3) is 0.250. The maximum atomic E-state index is 12.9. The van der Waals surface area contributed by atoms with Crippen LogP contribution in [0, 0.1) is 0 Å². The van der Waals surface area contributed by atoms with Gasteiger partial charge < -0.3 is 9.80 Å². The predicted octanol–water partition coefficient (Wildman–Crippen LogP) is 4.72. The van der Waals surface area contributed by atoms with Crippen molar-refractivity contribution in [1.29, 1.82) is 0 Å². The van der Waals surface area contributed by atoms with Crippen LogP contribution in [0.1, 0.15) is 11.1 Å². The van der Waals surface area contributed by atoms with E-state index in [-0.39, 0.29) is 5.91 Å². The van der Waals surface area contributed by atoms with Crippen LogP contribution >= 0.6 is 11.6 Å². The molecule has 1 heterocycles. The van der Waals surface area contributed by atoms with Crippen molar-refractivity contribution < 1.29 is 18.0 Å². The highest BCUT2D eigenvalue weighted by atomic mass is 35.5. The topological polar surface area (TPSA) is 23.6 Å². The molecule has 27 heavy (non-hydrogen) atoms. The second-order valence-corrected chi connectivity index (χ2v) is 6.62. The van der Waals surface area contributed by atoms with E-state index in [1.807, 2.05) is 23.1 Å². The van der Waals surface area contributed by atoms with Crippen LogP contribution in [-0.2, 0) is 11.0 Å². The second kappa shape index (κ2) is 8.05. The lowest BCUT2D eigenvalue weighted by Crippen LogP contribution is -2.48. The molecule has 1 aliphatic rings. The number of amides is 1. The van der Waals surface area contributed by atoms with Crippen LogP contribution in [0.2, 0.25) is 5.02 Å². The van der Waals surface area contributed by atoms with E-state index in [4.69, 9.17) is 11.6 Å². The number of piperazine rings is 1. The van der Waals surface area contributed by atoms with E-state index in [9.17, 15) is 18.0 Å². The Balaban J connectivity index is 1.60. The quantitative estimate of drug-likeness (QED) is 0.703. The third-order valence-electron chi connectivity index (χ3n) is 4.44. The van der Waals surface area contributed by atoms with E-state index in [0.29, 0.717) is 36.9 Å². The summed E-state index contributed by atoms with van der Waals surface area (Å²) < 4.78 is 38.6. The number of hydrogen-bond acceptors (Lipinski definition) is 2. The van der Waals surface area contributed by atoms with E-state index in [0.717, 1.165) is 17.7 Å². The van der Waals surface area contributed by atoms with Crippen molar-refractivity contribution in [2.75, 3.05) is 31.1 Å². The van der Waals surface area contributed by atoms with Crippen molar-refractivity contribution in [1.82, 2.24) is 4.90 Å². The molecule has 2 aromatic carbocycles. The third-order valence-corrected chi connectivity index (χ3v) is 4.78. The number of anilines is 1. The van der Waals surface area contributed by atoms with Gasteiger partial charge in [-0.15, -0.1) is 0 Å². The summed E-state index contributed by atoms with van der Waals surface area (Å²) in [5.41, 5.74) is 0.611. The van der Waals surface area contributed by atoms with Crippen molar-refractivity contribution >= 4 is 29.3 Å².